The number of hydrogen-bond donors (Lipinski definition) is 4. The summed E-state index contributed by atoms with van der Waals surface area (Å²) in [6, 6.07) is 3.78. The van der Waals surface area contributed by atoms with E-state index in [0.717, 1.165) is 6.07 Å². The van der Waals surface area contributed by atoms with Gasteiger partial charge in [-0.25, -0.2) is 4.39 Å². The van der Waals surface area contributed by atoms with E-state index in [9.17, 15) is 29.0 Å². The standard InChI is InChI=1S/C21H23ClFN3O5/c1-11-16(18(29)20(31)25-21(2,9-27)10-28)15-4-3-7-26(15)17(11)19(30)24-12-5-6-14(23)13(22)8-12/h5-6,8,27-28H,3-4,7,9-10H2,1-2H3,(H,24,30)(H,25,31). The fourth-order valence-corrected chi connectivity index (χ4v) is 3.83. The van der Waals surface area contributed by atoms with Crippen molar-refractivity contribution >= 4 is 34.9 Å². The summed E-state index contributed by atoms with van der Waals surface area (Å²) in [6.07, 6.45) is 1.22. The van der Waals surface area contributed by atoms with Crippen molar-refractivity contribution in [2.45, 2.75) is 38.8 Å². The van der Waals surface area contributed by atoms with E-state index >= 15 is 0 Å². The van der Waals surface area contributed by atoms with Crippen LogP contribution in [0.25, 0.3) is 0 Å². The van der Waals surface area contributed by atoms with Gasteiger partial charge in [-0.1, -0.05) is 11.6 Å². The second-order valence-electron chi connectivity index (χ2n) is 7.79. The molecule has 0 saturated heterocycles. The van der Waals surface area contributed by atoms with Gasteiger partial charge < -0.3 is 25.4 Å². The number of rotatable bonds is 7. The van der Waals surface area contributed by atoms with Gasteiger partial charge in [0.1, 0.15) is 11.5 Å². The van der Waals surface area contributed by atoms with Gasteiger partial charge in [-0.15, -0.1) is 0 Å². The molecular weight excluding hydrogens is 429 g/mol. The number of aliphatic hydroxyl groups excluding tert-OH is 2. The maximum absolute atomic E-state index is 13.4. The molecule has 0 spiro atoms. The summed E-state index contributed by atoms with van der Waals surface area (Å²) in [4.78, 5) is 38.4. The zero-order chi connectivity index (χ0) is 22.9. The summed E-state index contributed by atoms with van der Waals surface area (Å²) in [5.41, 5.74) is 0.222. The van der Waals surface area contributed by atoms with Crippen molar-refractivity contribution in [1.29, 1.82) is 0 Å². The molecule has 2 amide bonds. The first-order chi connectivity index (χ1) is 14.6. The Morgan fingerprint density at radius 2 is 1.94 bits per heavy atom. The number of Topliss-reactive ketones (excluding diaryl/α,β-unsaturated/α-hetero) is 1. The molecule has 0 atom stereocenters. The van der Waals surface area contributed by atoms with E-state index in [4.69, 9.17) is 11.6 Å². The first kappa shape index (κ1) is 22.9. The fourth-order valence-electron chi connectivity index (χ4n) is 3.65. The molecule has 0 fully saturated rings. The number of halogens is 2. The molecule has 1 aromatic carbocycles. The lowest BCUT2D eigenvalue weighted by Crippen LogP contribution is -2.53. The summed E-state index contributed by atoms with van der Waals surface area (Å²) in [5.74, 6) is -2.96. The largest absolute Gasteiger partial charge is 0.394 e. The van der Waals surface area contributed by atoms with Crippen molar-refractivity contribution in [2.24, 2.45) is 0 Å². The molecule has 2 aromatic rings. The van der Waals surface area contributed by atoms with Crippen LogP contribution in [0.15, 0.2) is 18.2 Å². The summed E-state index contributed by atoms with van der Waals surface area (Å²) < 4.78 is 15.1. The van der Waals surface area contributed by atoms with Gasteiger partial charge in [0.25, 0.3) is 17.6 Å². The first-order valence-electron chi connectivity index (χ1n) is 9.68. The maximum atomic E-state index is 13.4. The van der Waals surface area contributed by atoms with Gasteiger partial charge in [0.2, 0.25) is 0 Å². The smallest absolute Gasteiger partial charge is 0.293 e. The molecule has 0 aliphatic carbocycles. The highest BCUT2D eigenvalue weighted by molar-refractivity contribution is 6.44. The average Bonchev–Trinajstić information content (AvgIpc) is 3.29. The van der Waals surface area contributed by atoms with Gasteiger partial charge in [-0.3, -0.25) is 14.4 Å². The van der Waals surface area contributed by atoms with Crippen LogP contribution in [0.5, 0.6) is 0 Å². The lowest BCUT2D eigenvalue weighted by Gasteiger charge is -2.25. The number of benzene rings is 1. The van der Waals surface area contributed by atoms with Crippen LogP contribution < -0.4 is 10.6 Å². The number of aliphatic hydroxyl groups is 2. The van der Waals surface area contributed by atoms with E-state index in [1.165, 1.54) is 19.1 Å². The van der Waals surface area contributed by atoms with Crippen LogP contribution in [0.3, 0.4) is 0 Å². The molecule has 31 heavy (non-hydrogen) atoms. The van der Waals surface area contributed by atoms with Crippen molar-refractivity contribution in [3.05, 3.63) is 51.6 Å². The molecule has 0 bridgehead atoms. The molecule has 0 saturated carbocycles. The number of nitrogens with one attached hydrogen (secondary N) is 2. The normalized spacial score (nSPS) is 13.1. The first-order valence-corrected chi connectivity index (χ1v) is 10.1. The van der Waals surface area contributed by atoms with Crippen molar-refractivity contribution in [3.8, 4) is 0 Å². The lowest BCUT2D eigenvalue weighted by molar-refractivity contribution is -0.119. The topological polar surface area (TPSA) is 121 Å². The van der Waals surface area contributed by atoms with Gasteiger partial charge in [0.05, 0.1) is 29.3 Å². The summed E-state index contributed by atoms with van der Waals surface area (Å²) >= 11 is 5.77. The molecule has 2 heterocycles. The van der Waals surface area contributed by atoms with Gasteiger partial charge in [-0.05, 0) is 50.5 Å². The molecule has 166 valence electrons. The molecule has 1 aliphatic rings. The van der Waals surface area contributed by atoms with Crippen LogP contribution in [-0.2, 0) is 17.8 Å². The van der Waals surface area contributed by atoms with E-state index in [2.05, 4.69) is 10.6 Å². The van der Waals surface area contributed by atoms with Crippen LogP contribution in [0.1, 0.15) is 45.4 Å². The zero-order valence-corrected chi connectivity index (χ0v) is 17.8. The van der Waals surface area contributed by atoms with Crippen LogP contribution in [0.2, 0.25) is 5.02 Å². The molecule has 1 aromatic heterocycles. The minimum Gasteiger partial charge on any atom is -0.394 e. The van der Waals surface area contributed by atoms with Crippen LogP contribution in [0, 0.1) is 12.7 Å². The highest BCUT2D eigenvalue weighted by Gasteiger charge is 2.35. The number of aromatic nitrogens is 1. The second kappa shape index (κ2) is 8.78. The van der Waals surface area contributed by atoms with Crippen molar-refractivity contribution in [3.63, 3.8) is 0 Å². The number of amides is 2. The number of anilines is 1. The molecule has 3 rings (SSSR count). The molecular formula is C21H23ClFN3O5. The molecule has 0 unspecified atom stereocenters. The molecule has 8 nitrogen and oxygen atoms in total. The Kier molecular flexibility index (Phi) is 6.49. The summed E-state index contributed by atoms with van der Waals surface area (Å²) in [6.45, 7) is 2.38. The van der Waals surface area contributed by atoms with Crippen LogP contribution >= 0.6 is 11.6 Å². The minimum atomic E-state index is -1.36. The van der Waals surface area contributed by atoms with Crippen molar-refractivity contribution < 1.29 is 29.0 Å². The highest BCUT2D eigenvalue weighted by Crippen LogP contribution is 2.30. The van der Waals surface area contributed by atoms with E-state index in [1.54, 1.807) is 11.5 Å². The van der Waals surface area contributed by atoms with E-state index < -0.39 is 42.2 Å². The maximum Gasteiger partial charge on any atom is 0.293 e. The SMILES string of the molecule is Cc1c(C(=O)C(=O)NC(C)(CO)CO)c2n(c1C(=O)Nc1ccc(F)c(Cl)c1)CCC2. The number of fused-ring (bicyclic) bond motifs is 1. The number of carbonyl (C=O) groups is 3. The minimum absolute atomic E-state index is 0.135. The number of carbonyl (C=O) groups excluding carboxylic acids is 3. The average molecular weight is 452 g/mol. The number of hydrogen-bond acceptors (Lipinski definition) is 5. The van der Waals surface area contributed by atoms with Gasteiger partial charge in [-0.2, -0.15) is 0 Å². The highest BCUT2D eigenvalue weighted by atomic mass is 35.5. The monoisotopic (exact) mass is 451 g/mol. The third-order valence-corrected chi connectivity index (χ3v) is 5.64. The Labute approximate surface area is 183 Å². The number of ketones is 1. The predicted octanol–water partition coefficient (Wildman–Crippen LogP) is 1.83. The molecule has 0 radical (unpaired) electrons. The lowest BCUT2D eigenvalue weighted by atomic mass is 10.00. The predicted molar refractivity (Wildman–Crippen MR) is 112 cm³/mol. The third-order valence-electron chi connectivity index (χ3n) is 5.35. The Hall–Kier alpha value is -2.75. The quantitative estimate of drug-likeness (QED) is 0.378. The second-order valence-corrected chi connectivity index (χ2v) is 8.20. The van der Waals surface area contributed by atoms with Crippen LogP contribution in [-0.4, -0.2) is 51.1 Å². The Morgan fingerprint density at radius 1 is 1.26 bits per heavy atom. The van der Waals surface area contributed by atoms with Crippen LogP contribution in [0.4, 0.5) is 10.1 Å². The van der Waals surface area contributed by atoms with Gasteiger partial charge >= 0.3 is 0 Å². The van der Waals surface area contributed by atoms with E-state index in [1.807, 2.05) is 0 Å². The van der Waals surface area contributed by atoms with Gasteiger partial charge in [0.15, 0.2) is 0 Å². The third kappa shape index (κ3) is 4.34. The Bertz CT molecular complexity index is 1060. The Morgan fingerprint density at radius 3 is 2.55 bits per heavy atom. The summed E-state index contributed by atoms with van der Waals surface area (Å²) in [5, 5.41) is 23.6. The molecule has 4 N–H and O–H groups in total. The number of nitrogens with zero attached hydrogens (tertiary/aromatic N) is 1. The summed E-state index contributed by atoms with van der Waals surface area (Å²) in [7, 11) is 0. The van der Waals surface area contributed by atoms with Crippen molar-refractivity contribution in [1.82, 2.24) is 9.88 Å². The van der Waals surface area contributed by atoms with Gasteiger partial charge in [0, 0.05) is 17.9 Å². The van der Waals surface area contributed by atoms with E-state index in [-0.39, 0.29) is 22.0 Å². The zero-order valence-electron chi connectivity index (χ0n) is 17.1. The molecule has 10 heteroatoms. The fraction of sp³-hybridized carbons (Fsp3) is 0.381. The van der Waals surface area contributed by atoms with E-state index in [0.29, 0.717) is 30.6 Å². The molecule has 1 aliphatic heterocycles. The van der Waals surface area contributed by atoms with Crippen molar-refractivity contribution in [2.75, 3.05) is 18.5 Å². The Balaban J connectivity index is 1.93.